The molecule has 1 heterocycles. The third-order valence-electron chi connectivity index (χ3n) is 3.15. The zero-order valence-electron chi connectivity index (χ0n) is 10.1. The van der Waals surface area contributed by atoms with Crippen LogP contribution in [0.3, 0.4) is 0 Å². The Morgan fingerprint density at radius 3 is 2.62 bits per heavy atom. The number of carboxylic acids is 1. The van der Waals surface area contributed by atoms with E-state index in [0.717, 1.165) is 19.4 Å². The number of carbonyl (C=O) groups excluding carboxylic acids is 1. The van der Waals surface area contributed by atoms with Crippen molar-refractivity contribution in [3.8, 4) is 0 Å². The SMILES string of the molecule is CC(CN(C)C(=O)C1CCCN1C)C(=O)O. The molecule has 0 spiro atoms. The monoisotopic (exact) mass is 228 g/mol. The molecular formula is C11H20N2O3. The molecule has 1 N–H and O–H groups in total. The quantitative estimate of drug-likeness (QED) is 0.749. The number of hydrogen-bond acceptors (Lipinski definition) is 3. The lowest BCUT2D eigenvalue weighted by Crippen LogP contribution is -2.44. The lowest BCUT2D eigenvalue weighted by atomic mass is 10.1. The molecule has 1 fully saturated rings. The predicted molar refractivity (Wildman–Crippen MR) is 60.1 cm³/mol. The van der Waals surface area contributed by atoms with Crippen molar-refractivity contribution < 1.29 is 14.7 Å². The average molecular weight is 228 g/mol. The van der Waals surface area contributed by atoms with Gasteiger partial charge in [-0.05, 0) is 26.4 Å². The summed E-state index contributed by atoms with van der Waals surface area (Å²) >= 11 is 0. The number of likely N-dealkylation sites (N-methyl/N-ethyl adjacent to an activating group) is 2. The van der Waals surface area contributed by atoms with Crippen molar-refractivity contribution in [2.75, 3.05) is 27.2 Å². The smallest absolute Gasteiger partial charge is 0.308 e. The van der Waals surface area contributed by atoms with Crippen molar-refractivity contribution in [1.29, 1.82) is 0 Å². The van der Waals surface area contributed by atoms with Crippen LogP contribution in [-0.4, -0.2) is 60.0 Å². The Bertz CT molecular complexity index is 280. The van der Waals surface area contributed by atoms with Crippen molar-refractivity contribution >= 4 is 11.9 Å². The fourth-order valence-corrected chi connectivity index (χ4v) is 2.06. The summed E-state index contributed by atoms with van der Waals surface area (Å²) in [5.41, 5.74) is 0. The van der Waals surface area contributed by atoms with Gasteiger partial charge in [0.05, 0.1) is 12.0 Å². The summed E-state index contributed by atoms with van der Waals surface area (Å²) in [5.74, 6) is -1.34. The molecule has 0 saturated carbocycles. The van der Waals surface area contributed by atoms with Crippen LogP contribution in [-0.2, 0) is 9.59 Å². The number of nitrogens with zero attached hydrogens (tertiary/aromatic N) is 2. The van der Waals surface area contributed by atoms with Crippen molar-refractivity contribution in [1.82, 2.24) is 9.80 Å². The number of rotatable bonds is 4. The fourth-order valence-electron chi connectivity index (χ4n) is 2.06. The molecule has 0 aromatic heterocycles. The maximum absolute atomic E-state index is 12.0. The van der Waals surface area contributed by atoms with E-state index in [1.54, 1.807) is 14.0 Å². The van der Waals surface area contributed by atoms with Gasteiger partial charge in [-0.2, -0.15) is 0 Å². The van der Waals surface area contributed by atoms with Gasteiger partial charge in [-0.3, -0.25) is 14.5 Å². The molecule has 16 heavy (non-hydrogen) atoms. The maximum Gasteiger partial charge on any atom is 0.308 e. The normalized spacial score (nSPS) is 23.1. The Kier molecular flexibility index (Phi) is 4.29. The Labute approximate surface area is 96.0 Å². The lowest BCUT2D eigenvalue weighted by molar-refractivity contribution is -0.143. The molecule has 1 aliphatic rings. The van der Waals surface area contributed by atoms with Crippen LogP contribution in [0.25, 0.3) is 0 Å². The van der Waals surface area contributed by atoms with Gasteiger partial charge in [-0.15, -0.1) is 0 Å². The van der Waals surface area contributed by atoms with Gasteiger partial charge < -0.3 is 10.0 Å². The largest absolute Gasteiger partial charge is 0.481 e. The molecule has 2 unspecified atom stereocenters. The van der Waals surface area contributed by atoms with Crippen LogP contribution in [0.5, 0.6) is 0 Å². The molecule has 1 aliphatic heterocycles. The summed E-state index contributed by atoms with van der Waals surface area (Å²) in [6, 6.07) is -0.0639. The molecule has 0 radical (unpaired) electrons. The van der Waals surface area contributed by atoms with Gasteiger partial charge in [0, 0.05) is 13.6 Å². The van der Waals surface area contributed by atoms with Crippen LogP contribution in [0, 0.1) is 5.92 Å². The zero-order valence-corrected chi connectivity index (χ0v) is 10.1. The summed E-state index contributed by atoms with van der Waals surface area (Å²) in [7, 11) is 3.61. The van der Waals surface area contributed by atoms with Crippen LogP contribution in [0.4, 0.5) is 0 Å². The van der Waals surface area contributed by atoms with Gasteiger partial charge >= 0.3 is 5.97 Å². The maximum atomic E-state index is 12.0. The molecule has 5 heteroatoms. The summed E-state index contributed by atoms with van der Waals surface area (Å²) in [5, 5.41) is 8.78. The van der Waals surface area contributed by atoms with Crippen LogP contribution in [0.15, 0.2) is 0 Å². The van der Waals surface area contributed by atoms with E-state index in [1.165, 1.54) is 4.90 Å². The molecular weight excluding hydrogens is 208 g/mol. The number of carboxylic acid groups (broad SMARTS) is 1. The highest BCUT2D eigenvalue weighted by Gasteiger charge is 2.30. The van der Waals surface area contributed by atoms with E-state index in [1.807, 2.05) is 11.9 Å². The van der Waals surface area contributed by atoms with Gasteiger partial charge in [0.25, 0.3) is 0 Å². The minimum Gasteiger partial charge on any atom is -0.481 e. The summed E-state index contributed by atoms with van der Waals surface area (Å²) in [6.07, 6.45) is 1.91. The average Bonchev–Trinajstić information content (AvgIpc) is 2.62. The molecule has 1 rings (SSSR count). The van der Waals surface area contributed by atoms with Crippen molar-refractivity contribution in [2.45, 2.75) is 25.8 Å². The van der Waals surface area contributed by atoms with Crippen molar-refractivity contribution in [3.63, 3.8) is 0 Å². The summed E-state index contributed by atoms with van der Waals surface area (Å²) in [6.45, 7) is 2.84. The Morgan fingerprint density at radius 1 is 1.56 bits per heavy atom. The first-order chi connectivity index (χ1) is 7.43. The number of hydrogen-bond donors (Lipinski definition) is 1. The molecule has 1 saturated heterocycles. The summed E-state index contributed by atoms with van der Waals surface area (Å²) < 4.78 is 0. The standard InChI is InChI=1S/C11H20N2O3/c1-8(11(15)16)7-13(3)10(14)9-5-4-6-12(9)2/h8-9H,4-7H2,1-3H3,(H,15,16). The number of carbonyl (C=O) groups is 2. The molecule has 0 aromatic carbocycles. The van der Waals surface area contributed by atoms with Gasteiger partial charge in [-0.1, -0.05) is 6.92 Å². The highest BCUT2D eigenvalue weighted by Crippen LogP contribution is 2.17. The zero-order chi connectivity index (χ0) is 12.3. The molecule has 1 amide bonds. The van der Waals surface area contributed by atoms with Crippen LogP contribution in [0.1, 0.15) is 19.8 Å². The van der Waals surface area contributed by atoms with Crippen LogP contribution < -0.4 is 0 Å². The highest BCUT2D eigenvalue weighted by molar-refractivity contribution is 5.82. The van der Waals surface area contributed by atoms with E-state index < -0.39 is 11.9 Å². The number of aliphatic carboxylic acids is 1. The molecule has 0 aromatic rings. The minimum absolute atomic E-state index is 0.0353. The molecule has 92 valence electrons. The van der Waals surface area contributed by atoms with Gasteiger partial charge in [0.15, 0.2) is 0 Å². The number of likely N-dealkylation sites (tertiary alicyclic amines) is 1. The Hall–Kier alpha value is -1.10. The Morgan fingerprint density at radius 2 is 2.19 bits per heavy atom. The summed E-state index contributed by atoms with van der Waals surface area (Å²) in [4.78, 5) is 26.3. The first-order valence-electron chi connectivity index (χ1n) is 5.61. The third-order valence-corrected chi connectivity index (χ3v) is 3.15. The first-order valence-corrected chi connectivity index (χ1v) is 5.61. The third kappa shape index (κ3) is 2.95. The molecule has 5 nitrogen and oxygen atoms in total. The van der Waals surface area contributed by atoms with Crippen LogP contribution in [0.2, 0.25) is 0 Å². The van der Waals surface area contributed by atoms with E-state index in [-0.39, 0.29) is 18.5 Å². The second-order valence-electron chi connectivity index (χ2n) is 4.60. The molecule has 0 aliphatic carbocycles. The van der Waals surface area contributed by atoms with Crippen LogP contribution >= 0.6 is 0 Å². The lowest BCUT2D eigenvalue weighted by Gasteiger charge is -2.26. The van der Waals surface area contributed by atoms with Gasteiger partial charge in [0.1, 0.15) is 0 Å². The van der Waals surface area contributed by atoms with E-state index in [9.17, 15) is 9.59 Å². The Balaban J connectivity index is 2.50. The minimum atomic E-state index is -0.862. The molecule has 0 bridgehead atoms. The second-order valence-corrected chi connectivity index (χ2v) is 4.60. The molecule has 2 atom stereocenters. The van der Waals surface area contributed by atoms with E-state index in [0.29, 0.717) is 0 Å². The van der Waals surface area contributed by atoms with Crippen molar-refractivity contribution in [3.05, 3.63) is 0 Å². The topological polar surface area (TPSA) is 60.9 Å². The van der Waals surface area contributed by atoms with E-state index >= 15 is 0 Å². The fraction of sp³-hybridized carbons (Fsp3) is 0.818. The van der Waals surface area contributed by atoms with Gasteiger partial charge in [-0.25, -0.2) is 0 Å². The van der Waals surface area contributed by atoms with Gasteiger partial charge in [0.2, 0.25) is 5.91 Å². The first kappa shape index (κ1) is 13.0. The second kappa shape index (κ2) is 5.30. The van der Waals surface area contributed by atoms with E-state index in [4.69, 9.17) is 5.11 Å². The van der Waals surface area contributed by atoms with E-state index in [2.05, 4.69) is 0 Å². The van der Waals surface area contributed by atoms with Crippen molar-refractivity contribution in [2.24, 2.45) is 5.92 Å². The number of amides is 1. The predicted octanol–water partition coefficient (Wildman–Crippen LogP) is 0.260. The highest BCUT2D eigenvalue weighted by atomic mass is 16.4.